The summed E-state index contributed by atoms with van der Waals surface area (Å²) in [6, 6.07) is 18.2. The van der Waals surface area contributed by atoms with Gasteiger partial charge in [0.25, 0.3) is 5.88 Å². The van der Waals surface area contributed by atoms with Gasteiger partial charge in [0.15, 0.2) is 5.76 Å². The summed E-state index contributed by atoms with van der Waals surface area (Å²) in [6.45, 7) is 12.0. The number of benzene rings is 2. The molecule has 2 saturated heterocycles. The second kappa shape index (κ2) is 17.5. The Balaban J connectivity index is 0.808. The Morgan fingerprint density at radius 2 is 1.76 bits per heavy atom. The summed E-state index contributed by atoms with van der Waals surface area (Å²) in [5.74, 6) is -0.0904. The lowest BCUT2D eigenvalue weighted by Crippen LogP contribution is -2.55. The molecule has 4 aromatic heterocycles. The maximum Gasteiger partial charge on any atom is 0.254 e. The zero-order valence-electron chi connectivity index (χ0n) is 35.7. The number of phenols is 1. The summed E-state index contributed by atoms with van der Waals surface area (Å²) in [5, 5.41) is 38.6. The minimum Gasteiger partial charge on any atom is -0.507 e. The number of hydrogen-bond acceptors (Lipinski definition) is 13. The number of para-hydroxylation sites is 1. The Labute approximate surface area is 369 Å². The van der Waals surface area contributed by atoms with Crippen LogP contribution in [-0.2, 0) is 9.59 Å². The molecule has 2 aliphatic heterocycles. The summed E-state index contributed by atoms with van der Waals surface area (Å²) in [5.41, 5.74) is 7.43. The fraction of sp³-hybridized carbons (Fsp3) is 0.447. The summed E-state index contributed by atoms with van der Waals surface area (Å²) in [4.78, 5) is 39.9. The number of carbonyl (C=O) groups excluding carboxylic acids is 2. The number of aryl methyl sites for hydroxylation is 2. The molecule has 3 fully saturated rings. The molecule has 62 heavy (non-hydrogen) atoms. The standard InChI is InChI=1S/C47H53N7O6S2/c1-25(2)42(47(58)54-23-32(55)20-37(54)45(57)49-27(4)29-10-12-30(13-11-29)44-28(5)48-24-61-44)40-22-41(52-60-40)59-39-15-14-36(39)53-18-16-31(17-19-53)43-26(3)34-21-35(50-51-46(34)62-43)33-8-6-7-9-38(33)56/h6-13,21-22,24-25,27,31-32,36-37,39,42,55-56H,14-20,23H2,1-5H3,(H,49,57)/t27-,32+,36-,37-,39-,42-/m0/s1. The second-order valence-corrected chi connectivity index (χ2v) is 19.4. The number of hydrogen-bond donors (Lipinski definition) is 3. The molecule has 9 rings (SSSR count). The fourth-order valence-electron chi connectivity index (χ4n) is 9.49. The number of carbonyl (C=O) groups is 2. The number of β-amino-alcohol motifs (C(OH)–C–C–N with tert-alkyl or cyclic N) is 1. The Morgan fingerprint density at radius 1 is 0.984 bits per heavy atom. The van der Waals surface area contributed by atoms with E-state index in [1.807, 2.05) is 75.7 Å². The molecule has 1 aliphatic carbocycles. The van der Waals surface area contributed by atoms with E-state index < -0.39 is 18.1 Å². The van der Waals surface area contributed by atoms with Crippen molar-refractivity contribution in [3.63, 3.8) is 0 Å². The van der Waals surface area contributed by atoms with Crippen molar-refractivity contribution in [2.45, 2.75) is 109 Å². The zero-order chi connectivity index (χ0) is 43.2. The van der Waals surface area contributed by atoms with Crippen LogP contribution in [0.3, 0.4) is 0 Å². The molecule has 0 bridgehead atoms. The van der Waals surface area contributed by atoms with Crippen LogP contribution in [0.25, 0.3) is 31.9 Å². The van der Waals surface area contributed by atoms with Crippen molar-refractivity contribution >= 4 is 44.7 Å². The van der Waals surface area contributed by atoms with Gasteiger partial charge in [0, 0.05) is 40.9 Å². The van der Waals surface area contributed by atoms with Gasteiger partial charge in [0.05, 0.1) is 33.9 Å². The van der Waals surface area contributed by atoms with Gasteiger partial charge in [-0.1, -0.05) is 50.2 Å². The largest absolute Gasteiger partial charge is 0.507 e. The van der Waals surface area contributed by atoms with Gasteiger partial charge in [-0.3, -0.25) is 14.5 Å². The number of aliphatic hydroxyl groups is 1. The Kier molecular flexibility index (Phi) is 11.9. The highest BCUT2D eigenvalue weighted by molar-refractivity contribution is 7.19. The van der Waals surface area contributed by atoms with E-state index in [1.54, 1.807) is 40.9 Å². The molecule has 1 saturated carbocycles. The smallest absolute Gasteiger partial charge is 0.254 e. The molecule has 0 unspecified atom stereocenters. The summed E-state index contributed by atoms with van der Waals surface area (Å²) >= 11 is 3.33. The number of aromatic hydroxyl groups is 1. The zero-order valence-corrected chi connectivity index (χ0v) is 37.3. The van der Waals surface area contributed by atoms with E-state index in [1.165, 1.54) is 15.3 Å². The van der Waals surface area contributed by atoms with Crippen molar-refractivity contribution in [1.29, 1.82) is 0 Å². The Hall–Kier alpha value is -5.22. The van der Waals surface area contributed by atoms with E-state index in [2.05, 4.69) is 37.5 Å². The number of rotatable bonds is 12. The van der Waals surface area contributed by atoms with Gasteiger partial charge in [-0.25, -0.2) is 4.98 Å². The number of nitrogens with zero attached hydrogens (tertiary/aromatic N) is 6. The number of fused-ring (bicyclic) bond motifs is 1. The van der Waals surface area contributed by atoms with Crippen LogP contribution >= 0.6 is 22.7 Å². The van der Waals surface area contributed by atoms with Crippen molar-refractivity contribution in [2.24, 2.45) is 5.92 Å². The summed E-state index contributed by atoms with van der Waals surface area (Å²) in [6.07, 6.45) is 3.31. The van der Waals surface area contributed by atoms with Gasteiger partial charge in [-0.15, -0.1) is 32.9 Å². The van der Waals surface area contributed by atoms with Gasteiger partial charge >= 0.3 is 0 Å². The molecule has 2 aromatic carbocycles. The summed E-state index contributed by atoms with van der Waals surface area (Å²) < 4.78 is 12.3. The number of aliphatic hydroxyl groups excluding tert-OH is 1. The first-order chi connectivity index (χ1) is 29.9. The number of amides is 2. The first-order valence-corrected chi connectivity index (χ1v) is 23.3. The quantitative estimate of drug-likeness (QED) is 0.109. The predicted molar refractivity (Wildman–Crippen MR) is 239 cm³/mol. The monoisotopic (exact) mass is 875 g/mol. The van der Waals surface area contributed by atoms with Gasteiger partial charge in [-0.2, -0.15) is 0 Å². The molecule has 6 aromatic rings. The van der Waals surface area contributed by atoms with Gasteiger partial charge in [-0.05, 0) is 111 Å². The average Bonchev–Trinajstić information content (AvgIpc) is 4.07. The van der Waals surface area contributed by atoms with E-state index in [4.69, 9.17) is 9.26 Å². The minimum atomic E-state index is -0.821. The topological polar surface area (TPSA) is 167 Å². The first-order valence-electron chi connectivity index (χ1n) is 21.6. The molecule has 6 atom stereocenters. The second-order valence-electron chi connectivity index (χ2n) is 17.5. The summed E-state index contributed by atoms with van der Waals surface area (Å²) in [7, 11) is 0. The number of phenolic OH excluding ortho intramolecular Hbond substituents is 1. The lowest BCUT2D eigenvalue weighted by molar-refractivity contribution is -0.141. The SMILES string of the molecule is Cc1ncsc1-c1ccc([C@H](C)NC(=O)[C@@H]2C[C@@H](O)CN2C(=O)[C@H](c2cc(O[C@H]3CC[C@@H]3N3CCC(c4sc5nnc(-c6ccccc6O)cc5c4C)CC3)no2)C(C)C)cc1. The molecule has 0 spiro atoms. The number of piperidine rings is 1. The Bertz CT molecular complexity index is 2560. The molecule has 0 radical (unpaired) electrons. The van der Waals surface area contributed by atoms with Crippen LogP contribution in [0.5, 0.6) is 11.6 Å². The van der Waals surface area contributed by atoms with Gasteiger partial charge in [0.2, 0.25) is 11.8 Å². The van der Waals surface area contributed by atoms with Crippen LogP contribution in [0.2, 0.25) is 0 Å². The van der Waals surface area contributed by atoms with E-state index in [9.17, 15) is 19.8 Å². The van der Waals surface area contributed by atoms with Gasteiger partial charge in [0.1, 0.15) is 28.6 Å². The molecular weight excluding hydrogens is 823 g/mol. The number of thiazole rings is 1. The van der Waals surface area contributed by atoms with Crippen LogP contribution in [0.4, 0.5) is 0 Å². The molecule has 13 nitrogen and oxygen atoms in total. The first kappa shape index (κ1) is 42.1. The third-order valence-electron chi connectivity index (χ3n) is 13.1. The van der Waals surface area contributed by atoms with Crippen LogP contribution in [-0.4, -0.2) is 96.1 Å². The number of nitrogens with one attached hydrogen (secondary N) is 1. The van der Waals surface area contributed by atoms with Crippen LogP contribution in [0.1, 0.15) is 98.2 Å². The molecule has 6 heterocycles. The van der Waals surface area contributed by atoms with Gasteiger partial charge < -0.3 is 29.7 Å². The third-order valence-corrected chi connectivity index (χ3v) is 15.5. The third kappa shape index (κ3) is 8.23. The molecule has 324 valence electrons. The van der Waals surface area contributed by atoms with Crippen molar-refractivity contribution < 1.29 is 29.1 Å². The lowest BCUT2D eigenvalue weighted by atomic mass is 9.84. The number of likely N-dealkylation sites (tertiary alicyclic amines) is 2. The molecule has 15 heteroatoms. The predicted octanol–water partition coefficient (Wildman–Crippen LogP) is 8.16. The maximum atomic E-state index is 14.3. The van der Waals surface area contributed by atoms with Crippen LogP contribution in [0, 0.1) is 19.8 Å². The van der Waals surface area contributed by atoms with Crippen LogP contribution < -0.4 is 10.1 Å². The van der Waals surface area contributed by atoms with Crippen molar-refractivity contribution in [1.82, 2.24) is 35.5 Å². The fourth-order valence-corrected chi connectivity index (χ4v) is 11.6. The van der Waals surface area contributed by atoms with E-state index in [0.717, 1.165) is 70.7 Å². The Morgan fingerprint density at radius 3 is 2.45 bits per heavy atom. The molecule has 3 aliphatic rings. The lowest BCUT2D eigenvalue weighted by Gasteiger charge is -2.46. The highest BCUT2D eigenvalue weighted by Gasteiger charge is 2.44. The van der Waals surface area contributed by atoms with Crippen molar-refractivity contribution in [3.8, 4) is 33.3 Å². The van der Waals surface area contributed by atoms with Crippen molar-refractivity contribution in [3.05, 3.63) is 93.6 Å². The van der Waals surface area contributed by atoms with Crippen molar-refractivity contribution in [2.75, 3.05) is 19.6 Å². The maximum absolute atomic E-state index is 14.3. The molecule has 3 N–H and O–H groups in total. The number of thiophene rings is 1. The average molecular weight is 876 g/mol. The number of ether oxygens (including phenoxy) is 1. The highest BCUT2D eigenvalue weighted by Crippen LogP contribution is 2.43. The molecular formula is C47H53N7O6S2. The number of aromatic nitrogens is 4. The van der Waals surface area contributed by atoms with E-state index in [0.29, 0.717) is 28.8 Å². The van der Waals surface area contributed by atoms with E-state index >= 15 is 0 Å². The van der Waals surface area contributed by atoms with E-state index in [-0.39, 0.29) is 54.6 Å². The normalized spacial score (nSPS) is 21.9. The molecule has 2 amide bonds. The minimum absolute atomic E-state index is 0.0383. The van der Waals surface area contributed by atoms with Crippen LogP contribution in [0.15, 0.2) is 70.7 Å². The highest BCUT2D eigenvalue weighted by atomic mass is 32.1.